The van der Waals surface area contributed by atoms with E-state index in [1.54, 1.807) is 0 Å². The Morgan fingerprint density at radius 2 is 1.62 bits per heavy atom. The summed E-state index contributed by atoms with van der Waals surface area (Å²) in [7, 11) is -6.18. The lowest BCUT2D eigenvalue weighted by molar-refractivity contribution is -0.129. The van der Waals surface area contributed by atoms with E-state index in [4.69, 9.17) is 9.66 Å². The monoisotopic (exact) mass is 425 g/mol. The van der Waals surface area contributed by atoms with E-state index >= 15 is 0 Å². The van der Waals surface area contributed by atoms with Gasteiger partial charge in [-0.2, -0.15) is 8.42 Å². The fourth-order valence-electron chi connectivity index (χ4n) is 2.62. The molecule has 1 rings (SSSR count). The maximum Gasteiger partial charge on any atom is 0.397 e. The molecule has 156 valence electrons. The van der Waals surface area contributed by atoms with Gasteiger partial charge in [-0.15, -0.1) is 0 Å². The molecule has 0 aliphatic carbocycles. The molecule has 1 aliphatic rings. The predicted octanol–water partition coefficient (Wildman–Crippen LogP) is -5.68. The predicted molar refractivity (Wildman–Crippen MR) is 87.5 cm³/mol. The molecule has 9 N–H and O–H groups in total. The van der Waals surface area contributed by atoms with Crippen molar-refractivity contribution >= 4 is 21.3 Å². The number of hydrogen-bond donors (Lipinski definition) is 9. The van der Waals surface area contributed by atoms with Crippen LogP contribution in [0.15, 0.2) is 0 Å². The second-order valence-corrected chi connectivity index (χ2v) is 9.33. The molecule has 0 saturated carbocycles. The van der Waals surface area contributed by atoms with Gasteiger partial charge in [0.2, 0.25) is 0 Å². The third kappa shape index (κ3) is 6.22. The minimum atomic E-state index is -5.17. The van der Waals surface area contributed by atoms with Crippen molar-refractivity contribution in [2.24, 2.45) is 0 Å². The van der Waals surface area contributed by atoms with Crippen molar-refractivity contribution in [1.82, 2.24) is 0 Å². The highest BCUT2D eigenvalue weighted by molar-refractivity contribution is 7.97. The molecular formula is C12H25O12S2+. The Morgan fingerprint density at radius 1 is 1.04 bits per heavy atom. The van der Waals surface area contributed by atoms with Crippen LogP contribution in [0.3, 0.4) is 0 Å². The first-order valence-corrected chi connectivity index (χ1v) is 10.5. The first kappa shape index (κ1) is 23.9. The lowest BCUT2D eigenvalue weighted by Gasteiger charge is -2.30. The van der Waals surface area contributed by atoms with Crippen LogP contribution in [0.1, 0.15) is 0 Å². The zero-order valence-electron chi connectivity index (χ0n) is 13.5. The average Bonchev–Trinajstić information content (AvgIpc) is 2.82. The van der Waals surface area contributed by atoms with Crippen molar-refractivity contribution in [3.05, 3.63) is 0 Å². The summed E-state index contributed by atoms with van der Waals surface area (Å²) in [5, 5.41) is 76.0. The Morgan fingerprint density at radius 3 is 2.08 bits per heavy atom. The molecule has 0 radical (unpaired) electrons. The van der Waals surface area contributed by atoms with Crippen LogP contribution in [0, 0.1) is 0 Å². The van der Waals surface area contributed by atoms with Crippen LogP contribution in [0.2, 0.25) is 0 Å². The van der Waals surface area contributed by atoms with Gasteiger partial charge in [-0.05, 0) is 0 Å². The van der Waals surface area contributed by atoms with Crippen molar-refractivity contribution < 1.29 is 58.0 Å². The van der Waals surface area contributed by atoms with Gasteiger partial charge in [0.1, 0.15) is 54.2 Å². The van der Waals surface area contributed by atoms with E-state index in [1.807, 2.05) is 0 Å². The number of aliphatic hydroxyl groups excluding tert-OH is 8. The number of hydrogen-bond acceptors (Lipinski definition) is 11. The van der Waals surface area contributed by atoms with Crippen molar-refractivity contribution in [1.29, 1.82) is 0 Å². The van der Waals surface area contributed by atoms with E-state index in [1.165, 1.54) is 0 Å². The lowest BCUT2D eigenvalue weighted by Crippen LogP contribution is -2.53. The zero-order chi connectivity index (χ0) is 20.2. The Hall–Kier alpha value is -0.100. The van der Waals surface area contributed by atoms with E-state index in [-0.39, 0.29) is 11.5 Å². The van der Waals surface area contributed by atoms with Gasteiger partial charge in [-0.3, -0.25) is 4.55 Å². The quantitative estimate of drug-likeness (QED) is 0.118. The highest BCUT2D eigenvalue weighted by atomic mass is 32.3. The number of rotatable bonds is 10. The average molecular weight is 425 g/mol. The van der Waals surface area contributed by atoms with Crippen molar-refractivity contribution in [2.45, 2.75) is 48.0 Å². The van der Waals surface area contributed by atoms with E-state index in [0.29, 0.717) is 0 Å². The Kier molecular flexibility index (Phi) is 9.12. The maximum atomic E-state index is 11.0. The van der Waals surface area contributed by atoms with E-state index in [0.717, 1.165) is 0 Å². The molecule has 1 fully saturated rings. The molecule has 0 aromatic carbocycles. The van der Waals surface area contributed by atoms with Gasteiger partial charge in [-0.25, -0.2) is 4.18 Å². The third-order valence-corrected chi connectivity index (χ3v) is 7.32. The van der Waals surface area contributed by atoms with Gasteiger partial charge in [0.15, 0.2) is 5.25 Å². The molecule has 1 aliphatic heterocycles. The molecule has 0 aromatic heterocycles. The summed E-state index contributed by atoms with van der Waals surface area (Å²) in [5.74, 6) is -0.363. The molecule has 0 amide bonds. The minimum absolute atomic E-state index is 0.0139. The van der Waals surface area contributed by atoms with Gasteiger partial charge in [0, 0.05) is 10.9 Å². The van der Waals surface area contributed by atoms with E-state index < -0.39 is 82.5 Å². The van der Waals surface area contributed by atoms with Crippen molar-refractivity contribution in [3.63, 3.8) is 0 Å². The lowest BCUT2D eigenvalue weighted by atomic mass is 10.0. The molecule has 1 saturated heterocycles. The Balaban J connectivity index is 2.95. The van der Waals surface area contributed by atoms with Gasteiger partial charge in [-0.1, -0.05) is 0 Å². The van der Waals surface area contributed by atoms with E-state index in [2.05, 4.69) is 4.18 Å². The summed E-state index contributed by atoms with van der Waals surface area (Å²) in [5.41, 5.74) is 0. The SMILES string of the molecule is O=S(=O)(O)OC(C(O)C[S@+]1C[C@@H](O)[C@H](O)[C@H]1CO)C(O)C(O)C(O)CO. The van der Waals surface area contributed by atoms with Crippen LogP contribution >= 0.6 is 0 Å². The smallest absolute Gasteiger partial charge is 0.394 e. The fourth-order valence-corrected chi connectivity index (χ4v) is 5.83. The largest absolute Gasteiger partial charge is 0.397 e. The van der Waals surface area contributed by atoms with Gasteiger partial charge in [0.05, 0.1) is 13.2 Å². The molecule has 5 unspecified atom stereocenters. The Labute approximate surface area is 152 Å². The number of aliphatic hydroxyl groups is 8. The molecule has 0 spiro atoms. The fraction of sp³-hybridized carbons (Fsp3) is 1.00. The standard InChI is InChI=1S/C12H24O12S2/c13-1-5(15)10(19)11(20)12(24-26(21,22)23)7(17)4-25-3-6(16)9(18)8(25)2-14/h5-20H,1-4H2/p+1/t5?,6-,7?,8-,9+,10?,11?,12?,25+/m1/s1. The summed E-state index contributed by atoms with van der Waals surface area (Å²) in [6.45, 7) is -1.51. The van der Waals surface area contributed by atoms with Crippen LogP contribution in [0.5, 0.6) is 0 Å². The van der Waals surface area contributed by atoms with Gasteiger partial charge >= 0.3 is 10.4 Å². The van der Waals surface area contributed by atoms with Gasteiger partial charge < -0.3 is 40.9 Å². The molecule has 26 heavy (non-hydrogen) atoms. The molecule has 1 heterocycles. The van der Waals surface area contributed by atoms with Crippen molar-refractivity contribution in [2.75, 3.05) is 24.7 Å². The van der Waals surface area contributed by atoms with Crippen molar-refractivity contribution in [3.8, 4) is 0 Å². The highest BCUT2D eigenvalue weighted by Crippen LogP contribution is 2.26. The molecular weight excluding hydrogens is 400 g/mol. The second kappa shape index (κ2) is 9.90. The Bertz CT molecular complexity index is 530. The molecule has 12 nitrogen and oxygen atoms in total. The summed E-state index contributed by atoms with van der Waals surface area (Å²) in [4.78, 5) is 0. The van der Waals surface area contributed by atoms with Crippen LogP contribution in [-0.2, 0) is 25.5 Å². The van der Waals surface area contributed by atoms with Crippen LogP contribution in [-0.4, -0.2) is 127 Å². The first-order valence-electron chi connectivity index (χ1n) is 7.55. The first-order chi connectivity index (χ1) is 11.9. The summed E-state index contributed by atoms with van der Waals surface area (Å²) in [6.07, 6.45) is -12.6. The summed E-state index contributed by atoms with van der Waals surface area (Å²) >= 11 is 0. The molecule has 9 atom stereocenters. The normalized spacial score (nSPS) is 32.8. The molecule has 14 heteroatoms. The molecule has 0 bridgehead atoms. The minimum Gasteiger partial charge on any atom is -0.394 e. The second-order valence-electron chi connectivity index (χ2n) is 5.94. The van der Waals surface area contributed by atoms with Crippen LogP contribution in [0.4, 0.5) is 0 Å². The maximum absolute atomic E-state index is 11.0. The van der Waals surface area contributed by atoms with Crippen LogP contribution < -0.4 is 0 Å². The summed E-state index contributed by atoms with van der Waals surface area (Å²) in [6, 6.07) is 0. The van der Waals surface area contributed by atoms with Gasteiger partial charge in [0.25, 0.3) is 0 Å². The topological polar surface area (TPSA) is 225 Å². The zero-order valence-corrected chi connectivity index (χ0v) is 15.1. The van der Waals surface area contributed by atoms with E-state index in [9.17, 15) is 44.2 Å². The van der Waals surface area contributed by atoms with Crippen LogP contribution in [0.25, 0.3) is 0 Å². The highest BCUT2D eigenvalue weighted by Gasteiger charge is 2.52. The third-order valence-electron chi connectivity index (χ3n) is 4.03. The summed E-state index contributed by atoms with van der Waals surface area (Å²) < 4.78 is 35.0. The molecule has 0 aromatic rings.